The van der Waals surface area contributed by atoms with Crippen molar-refractivity contribution in [3.8, 4) is 0 Å². The minimum Gasteiger partial charge on any atom is -0.357 e. The zero-order valence-corrected chi connectivity index (χ0v) is 20.1. The second-order valence-corrected chi connectivity index (χ2v) is 7.59. The number of rotatable bonds is 4. The lowest BCUT2D eigenvalue weighted by Crippen LogP contribution is -2.53. The topological polar surface area (TPSA) is 64.1 Å². The van der Waals surface area contributed by atoms with Crippen molar-refractivity contribution < 1.29 is 4.79 Å². The molecule has 3 rings (SSSR count). The number of guanidine groups is 1. The summed E-state index contributed by atoms with van der Waals surface area (Å²) in [5.74, 6) is 2.16. The van der Waals surface area contributed by atoms with Gasteiger partial charge in [-0.25, -0.2) is 9.98 Å². The van der Waals surface area contributed by atoms with E-state index in [1.54, 1.807) is 6.92 Å². The molecule has 1 N–H and O–H groups in total. The van der Waals surface area contributed by atoms with Gasteiger partial charge >= 0.3 is 0 Å². The van der Waals surface area contributed by atoms with E-state index in [1.165, 1.54) is 31.2 Å². The Morgan fingerprint density at radius 1 is 1.07 bits per heavy atom. The quantitative estimate of drug-likeness (QED) is 0.381. The summed E-state index contributed by atoms with van der Waals surface area (Å²) in [4.78, 5) is 27.6. The molecule has 0 bridgehead atoms. The smallest absolute Gasteiger partial charge is 0.219 e. The number of halogens is 1. The van der Waals surface area contributed by atoms with Crippen LogP contribution in [-0.4, -0.2) is 72.5 Å². The molecule has 0 unspecified atom stereocenters. The van der Waals surface area contributed by atoms with Gasteiger partial charge in [-0.05, 0) is 37.5 Å². The predicted octanol–water partition coefficient (Wildman–Crippen LogP) is 2.71. The van der Waals surface area contributed by atoms with Crippen LogP contribution in [0.1, 0.15) is 45.1 Å². The Labute approximate surface area is 192 Å². The van der Waals surface area contributed by atoms with Crippen molar-refractivity contribution in [1.29, 1.82) is 0 Å². The van der Waals surface area contributed by atoms with Crippen LogP contribution >= 0.6 is 24.0 Å². The average Bonchev–Trinajstić information content (AvgIpc) is 3.01. The Bertz CT molecular complexity index is 667. The zero-order chi connectivity index (χ0) is 19.8. The van der Waals surface area contributed by atoms with E-state index in [4.69, 9.17) is 4.99 Å². The molecule has 1 amide bonds. The molecule has 0 atom stereocenters. The summed E-state index contributed by atoms with van der Waals surface area (Å²) in [6.45, 7) is 10.6. The summed E-state index contributed by atoms with van der Waals surface area (Å²) in [7, 11) is 0. The van der Waals surface area contributed by atoms with E-state index in [2.05, 4.69) is 39.2 Å². The number of nitrogens with one attached hydrogen (secondary N) is 1. The lowest BCUT2D eigenvalue weighted by molar-refractivity contribution is -0.130. The highest BCUT2D eigenvalue weighted by atomic mass is 127. The van der Waals surface area contributed by atoms with E-state index < -0.39 is 0 Å². The number of carbonyl (C=O) groups is 1. The molecule has 8 heteroatoms. The van der Waals surface area contributed by atoms with E-state index in [1.807, 2.05) is 11.1 Å². The second-order valence-electron chi connectivity index (χ2n) is 7.59. The summed E-state index contributed by atoms with van der Waals surface area (Å²) < 4.78 is 0. The van der Waals surface area contributed by atoms with E-state index >= 15 is 0 Å². The van der Waals surface area contributed by atoms with E-state index in [0.29, 0.717) is 6.54 Å². The van der Waals surface area contributed by atoms with E-state index in [9.17, 15) is 4.79 Å². The first kappa shape index (κ1) is 23.7. The minimum atomic E-state index is 0. The molecule has 0 aromatic carbocycles. The first-order valence-electron chi connectivity index (χ1n) is 10.7. The van der Waals surface area contributed by atoms with Crippen molar-refractivity contribution in [1.82, 2.24) is 20.1 Å². The molecule has 0 spiro atoms. The van der Waals surface area contributed by atoms with Gasteiger partial charge in [0.25, 0.3) is 0 Å². The maximum Gasteiger partial charge on any atom is 0.219 e. The Kier molecular flexibility index (Phi) is 9.96. The van der Waals surface area contributed by atoms with Crippen LogP contribution in [0.2, 0.25) is 0 Å². The van der Waals surface area contributed by atoms with Gasteiger partial charge in [0.05, 0.1) is 6.54 Å². The molecule has 0 aliphatic carbocycles. The molecule has 2 aliphatic heterocycles. The van der Waals surface area contributed by atoms with Crippen LogP contribution in [0.5, 0.6) is 0 Å². The molecule has 29 heavy (non-hydrogen) atoms. The van der Waals surface area contributed by atoms with Crippen molar-refractivity contribution in [2.45, 2.75) is 46.1 Å². The molecule has 162 valence electrons. The maximum absolute atomic E-state index is 11.5. The summed E-state index contributed by atoms with van der Waals surface area (Å²) in [5.41, 5.74) is 1.19. The van der Waals surface area contributed by atoms with Gasteiger partial charge in [-0.3, -0.25) is 4.79 Å². The lowest BCUT2D eigenvalue weighted by atomic mass is 10.2. The van der Waals surface area contributed by atoms with Crippen molar-refractivity contribution in [2.75, 3.05) is 50.7 Å². The van der Waals surface area contributed by atoms with Crippen molar-refractivity contribution in [3.05, 3.63) is 23.9 Å². The number of piperazine rings is 1. The Hall–Kier alpha value is -1.58. The minimum absolute atomic E-state index is 0. The zero-order valence-electron chi connectivity index (χ0n) is 17.8. The van der Waals surface area contributed by atoms with Gasteiger partial charge in [-0.1, -0.05) is 12.8 Å². The molecule has 3 heterocycles. The molecule has 1 aromatic heterocycles. The van der Waals surface area contributed by atoms with Gasteiger partial charge in [0.1, 0.15) is 5.82 Å². The van der Waals surface area contributed by atoms with Crippen LogP contribution in [0, 0.1) is 0 Å². The standard InChI is InChI=1S/C21H34N6O.HI/c1-3-22-21(27-14-12-25(13-15-27)18(2)28)24-17-19-8-9-23-20(16-19)26-10-6-4-5-7-11-26;/h8-9,16H,3-7,10-15,17H2,1-2H3,(H,22,24);1H. The lowest BCUT2D eigenvalue weighted by Gasteiger charge is -2.36. The summed E-state index contributed by atoms with van der Waals surface area (Å²) in [6.07, 6.45) is 7.05. The largest absolute Gasteiger partial charge is 0.357 e. The third-order valence-electron chi connectivity index (χ3n) is 5.51. The number of aromatic nitrogens is 1. The van der Waals surface area contributed by atoms with Gasteiger partial charge < -0.3 is 20.0 Å². The predicted molar refractivity (Wildman–Crippen MR) is 129 cm³/mol. The molecule has 7 nitrogen and oxygen atoms in total. The summed E-state index contributed by atoms with van der Waals surface area (Å²) in [5, 5.41) is 3.40. The van der Waals surface area contributed by atoms with E-state index in [-0.39, 0.29) is 29.9 Å². The van der Waals surface area contributed by atoms with Gasteiger partial charge in [-0.2, -0.15) is 0 Å². The molecule has 1 aromatic rings. The highest BCUT2D eigenvalue weighted by Gasteiger charge is 2.20. The molecule has 0 saturated carbocycles. The van der Waals surface area contributed by atoms with Crippen LogP contribution in [0.3, 0.4) is 0 Å². The highest BCUT2D eigenvalue weighted by Crippen LogP contribution is 2.18. The van der Waals surface area contributed by atoms with Crippen molar-refractivity contribution >= 4 is 41.7 Å². The number of amides is 1. The summed E-state index contributed by atoms with van der Waals surface area (Å²) in [6, 6.07) is 4.24. The highest BCUT2D eigenvalue weighted by molar-refractivity contribution is 14.0. The number of carbonyl (C=O) groups excluding carboxylic acids is 1. The van der Waals surface area contributed by atoms with Gasteiger partial charge in [0, 0.05) is 58.9 Å². The number of hydrogen-bond donors (Lipinski definition) is 1. The molecular formula is C21H35IN6O. The second kappa shape index (κ2) is 12.2. The maximum atomic E-state index is 11.5. The van der Waals surface area contributed by atoms with Crippen LogP contribution in [0.15, 0.2) is 23.3 Å². The fourth-order valence-corrected chi connectivity index (χ4v) is 3.86. The van der Waals surface area contributed by atoms with Gasteiger partial charge in [-0.15, -0.1) is 24.0 Å². The number of nitrogens with zero attached hydrogens (tertiary/aromatic N) is 5. The van der Waals surface area contributed by atoms with Crippen LogP contribution in [-0.2, 0) is 11.3 Å². The number of pyridine rings is 1. The molecule has 2 saturated heterocycles. The third-order valence-corrected chi connectivity index (χ3v) is 5.51. The first-order chi connectivity index (χ1) is 13.7. The Balaban J connectivity index is 0.00000300. The number of hydrogen-bond acceptors (Lipinski definition) is 4. The molecule has 0 radical (unpaired) electrons. The molecule has 2 aliphatic rings. The summed E-state index contributed by atoms with van der Waals surface area (Å²) >= 11 is 0. The van der Waals surface area contributed by atoms with Gasteiger partial charge in [0.2, 0.25) is 5.91 Å². The number of aliphatic imine (C=N–C) groups is 1. The average molecular weight is 514 g/mol. The fourth-order valence-electron chi connectivity index (χ4n) is 3.86. The molecule has 2 fully saturated rings. The first-order valence-corrected chi connectivity index (χ1v) is 10.7. The SMILES string of the molecule is CCNC(=NCc1ccnc(N2CCCCCC2)c1)N1CCN(C(C)=O)CC1.I. The Morgan fingerprint density at radius 3 is 2.34 bits per heavy atom. The van der Waals surface area contributed by atoms with Crippen LogP contribution in [0.25, 0.3) is 0 Å². The van der Waals surface area contributed by atoms with Crippen LogP contribution in [0.4, 0.5) is 5.82 Å². The fraction of sp³-hybridized carbons (Fsp3) is 0.667. The van der Waals surface area contributed by atoms with Crippen LogP contribution < -0.4 is 10.2 Å². The number of anilines is 1. The molecular weight excluding hydrogens is 479 g/mol. The monoisotopic (exact) mass is 514 g/mol. The Morgan fingerprint density at radius 2 is 1.72 bits per heavy atom. The normalized spacial score (nSPS) is 18.1. The third kappa shape index (κ3) is 7.01. The van der Waals surface area contributed by atoms with Crippen molar-refractivity contribution in [3.63, 3.8) is 0 Å². The van der Waals surface area contributed by atoms with Gasteiger partial charge in [0.15, 0.2) is 5.96 Å². The van der Waals surface area contributed by atoms with Crippen molar-refractivity contribution in [2.24, 2.45) is 4.99 Å². The van der Waals surface area contributed by atoms with E-state index in [0.717, 1.165) is 57.6 Å².